The van der Waals surface area contributed by atoms with Gasteiger partial charge in [0.05, 0.1) is 18.5 Å². The summed E-state index contributed by atoms with van der Waals surface area (Å²) in [4.78, 5) is 13.4. The van der Waals surface area contributed by atoms with E-state index in [9.17, 15) is 4.79 Å². The first kappa shape index (κ1) is 10.9. The number of hydrogen-bond donors (Lipinski definition) is 1. The molecule has 1 amide bonds. The molecule has 0 aromatic heterocycles. The van der Waals surface area contributed by atoms with Crippen molar-refractivity contribution in [3.63, 3.8) is 0 Å². The fourth-order valence-corrected chi connectivity index (χ4v) is 1.61. The van der Waals surface area contributed by atoms with E-state index in [1.54, 1.807) is 0 Å². The normalized spacial score (nSPS) is 26.7. The SMILES string of the molecule is CC1COCCN(C(=O)C(C)S)C1. The number of carbonyl (C=O) groups is 1. The summed E-state index contributed by atoms with van der Waals surface area (Å²) >= 11 is 4.14. The lowest BCUT2D eigenvalue weighted by molar-refractivity contribution is -0.130. The average Bonchev–Trinajstić information content (AvgIpc) is 2.28. The van der Waals surface area contributed by atoms with E-state index >= 15 is 0 Å². The molecule has 0 aromatic rings. The number of ether oxygens (including phenoxy) is 1. The number of nitrogens with zero attached hydrogens (tertiary/aromatic N) is 1. The maximum Gasteiger partial charge on any atom is 0.235 e. The molecule has 1 saturated heterocycles. The first-order valence-corrected chi connectivity index (χ1v) is 5.17. The van der Waals surface area contributed by atoms with Crippen molar-refractivity contribution in [3.8, 4) is 0 Å². The van der Waals surface area contributed by atoms with Crippen LogP contribution in [0.4, 0.5) is 0 Å². The highest BCUT2D eigenvalue weighted by atomic mass is 32.1. The Kier molecular flexibility index (Phi) is 4.06. The fraction of sp³-hybridized carbons (Fsp3) is 0.889. The molecule has 4 heteroatoms. The minimum atomic E-state index is -0.203. The summed E-state index contributed by atoms with van der Waals surface area (Å²) in [6.07, 6.45) is 0. The number of thiol groups is 1. The third-order valence-electron chi connectivity index (χ3n) is 2.11. The van der Waals surface area contributed by atoms with Crippen molar-refractivity contribution in [2.24, 2.45) is 5.92 Å². The second-order valence-electron chi connectivity index (χ2n) is 3.64. The lowest BCUT2D eigenvalue weighted by Crippen LogP contribution is -2.39. The zero-order valence-electron chi connectivity index (χ0n) is 8.19. The summed E-state index contributed by atoms with van der Waals surface area (Å²) in [5.41, 5.74) is 0. The minimum Gasteiger partial charge on any atom is -0.379 e. The third-order valence-corrected chi connectivity index (χ3v) is 2.33. The number of amides is 1. The molecule has 0 aliphatic carbocycles. The van der Waals surface area contributed by atoms with Crippen molar-refractivity contribution in [2.75, 3.05) is 26.3 Å². The Labute approximate surface area is 84.8 Å². The van der Waals surface area contributed by atoms with E-state index in [0.717, 1.165) is 13.2 Å². The van der Waals surface area contributed by atoms with Crippen molar-refractivity contribution >= 4 is 18.5 Å². The Balaban J connectivity index is 2.52. The summed E-state index contributed by atoms with van der Waals surface area (Å²) < 4.78 is 5.35. The van der Waals surface area contributed by atoms with Crippen LogP contribution in [0.3, 0.4) is 0 Å². The van der Waals surface area contributed by atoms with Gasteiger partial charge >= 0.3 is 0 Å². The van der Waals surface area contributed by atoms with Crippen molar-refractivity contribution < 1.29 is 9.53 Å². The van der Waals surface area contributed by atoms with Crippen LogP contribution >= 0.6 is 12.6 Å². The highest BCUT2D eigenvalue weighted by Gasteiger charge is 2.21. The van der Waals surface area contributed by atoms with Gasteiger partial charge in [0.25, 0.3) is 0 Å². The Morgan fingerprint density at radius 1 is 1.69 bits per heavy atom. The monoisotopic (exact) mass is 203 g/mol. The molecule has 0 radical (unpaired) electrons. The third kappa shape index (κ3) is 3.19. The van der Waals surface area contributed by atoms with Crippen molar-refractivity contribution in [1.82, 2.24) is 4.90 Å². The lowest BCUT2D eigenvalue weighted by atomic mass is 10.2. The molecule has 1 rings (SSSR count). The van der Waals surface area contributed by atoms with E-state index in [-0.39, 0.29) is 11.2 Å². The Bertz CT molecular complexity index is 184. The van der Waals surface area contributed by atoms with E-state index in [2.05, 4.69) is 19.6 Å². The van der Waals surface area contributed by atoms with Crippen LogP contribution in [0.25, 0.3) is 0 Å². The molecule has 0 saturated carbocycles. The highest BCUT2D eigenvalue weighted by Crippen LogP contribution is 2.09. The van der Waals surface area contributed by atoms with E-state index in [4.69, 9.17) is 4.74 Å². The standard InChI is InChI=1S/C9H17NO2S/c1-7-5-10(3-4-12-6-7)9(11)8(2)13/h7-8,13H,3-6H2,1-2H3. The van der Waals surface area contributed by atoms with Gasteiger partial charge in [-0.15, -0.1) is 0 Å². The second kappa shape index (κ2) is 4.86. The number of rotatable bonds is 1. The van der Waals surface area contributed by atoms with Gasteiger partial charge in [0, 0.05) is 13.1 Å². The Morgan fingerprint density at radius 2 is 2.38 bits per heavy atom. The van der Waals surface area contributed by atoms with Crippen LogP contribution < -0.4 is 0 Å². The smallest absolute Gasteiger partial charge is 0.235 e. The first-order valence-electron chi connectivity index (χ1n) is 4.66. The maximum atomic E-state index is 11.6. The molecule has 1 fully saturated rings. The van der Waals surface area contributed by atoms with E-state index in [1.165, 1.54) is 0 Å². The summed E-state index contributed by atoms with van der Waals surface area (Å²) in [7, 11) is 0. The molecule has 0 bridgehead atoms. The van der Waals surface area contributed by atoms with Gasteiger partial charge in [-0.2, -0.15) is 12.6 Å². The number of carbonyl (C=O) groups excluding carboxylic acids is 1. The molecular weight excluding hydrogens is 186 g/mol. The molecule has 1 aliphatic rings. The predicted molar refractivity (Wildman–Crippen MR) is 55.0 cm³/mol. The van der Waals surface area contributed by atoms with Gasteiger partial charge in [-0.1, -0.05) is 6.92 Å². The molecule has 0 N–H and O–H groups in total. The van der Waals surface area contributed by atoms with Crippen LogP contribution in [0, 0.1) is 5.92 Å². The van der Waals surface area contributed by atoms with Gasteiger partial charge in [0.15, 0.2) is 0 Å². The molecule has 1 heterocycles. The molecule has 13 heavy (non-hydrogen) atoms. The van der Waals surface area contributed by atoms with Gasteiger partial charge in [-0.05, 0) is 12.8 Å². The molecule has 1 aliphatic heterocycles. The first-order chi connectivity index (χ1) is 6.11. The van der Waals surface area contributed by atoms with Crippen molar-refractivity contribution in [2.45, 2.75) is 19.1 Å². The predicted octanol–water partition coefficient (Wildman–Crippen LogP) is 0.800. The van der Waals surface area contributed by atoms with Gasteiger partial charge in [0.2, 0.25) is 5.91 Å². The fourth-order valence-electron chi connectivity index (χ4n) is 1.44. The number of hydrogen-bond acceptors (Lipinski definition) is 3. The van der Waals surface area contributed by atoms with Crippen LogP contribution in [0.1, 0.15) is 13.8 Å². The van der Waals surface area contributed by atoms with Gasteiger partial charge in [0.1, 0.15) is 0 Å². The second-order valence-corrected chi connectivity index (χ2v) is 4.41. The van der Waals surface area contributed by atoms with Gasteiger partial charge < -0.3 is 9.64 Å². The molecule has 3 nitrogen and oxygen atoms in total. The molecule has 0 aromatic carbocycles. The lowest BCUT2D eigenvalue weighted by Gasteiger charge is -2.23. The van der Waals surface area contributed by atoms with Crippen LogP contribution in [-0.2, 0) is 9.53 Å². The quantitative estimate of drug-likeness (QED) is 0.639. The summed E-state index contributed by atoms with van der Waals surface area (Å²) in [5, 5.41) is -0.203. The van der Waals surface area contributed by atoms with Crippen LogP contribution in [0.2, 0.25) is 0 Å². The van der Waals surface area contributed by atoms with E-state index in [0.29, 0.717) is 19.1 Å². The molecule has 0 spiro atoms. The molecule has 2 atom stereocenters. The topological polar surface area (TPSA) is 29.5 Å². The highest BCUT2D eigenvalue weighted by molar-refractivity contribution is 7.81. The summed E-state index contributed by atoms with van der Waals surface area (Å²) in [6, 6.07) is 0. The van der Waals surface area contributed by atoms with Crippen LogP contribution in [0.15, 0.2) is 0 Å². The zero-order valence-corrected chi connectivity index (χ0v) is 9.09. The van der Waals surface area contributed by atoms with E-state index < -0.39 is 0 Å². The van der Waals surface area contributed by atoms with Gasteiger partial charge in [-0.3, -0.25) is 4.79 Å². The molecular formula is C9H17NO2S. The largest absolute Gasteiger partial charge is 0.379 e. The Hall–Kier alpha value is -0.220. The van der Waals surface area contributed by atoms with Crippen molar-refractivity contribution in [3.05, 3.63) is 0 Å². The summed E-state index contributed by atoms with van der Waals surface area (Å²) in [6.45, 7) is 6.80. The Morgan fingerprint density at radius 3 is 3.00 bits per heavy atom. The average molecular weight is 203 g/mol. The molecule has 2 unspecified atom stereocenters. The van der Waals surface area contributed by atoms with Crippen LogP contribution in [-0.4, -0.2) is 42.4 Å². The zero-order chi connectivity index (χ0) is 9.84. The maximum absolute atomic E-state index is 11.6. The molecule has 76 valence electrons. The van der Waals surface area contributed by atoms with Crippen molar-refractivity contribution in [1.29, 1.82) is 0 Å². The minimum absolute atomic E-state index is 0.112. The summed E-state index contributed by atoms with van der Waals surface area (Å²) in [5.74, 6) is 0.541. The van der Waals surface area contributed by atoms with Gasteiger partial charge in [-0.25, -0.2) is 0 Å². The van der Waals surface area contributed by atoms with Crippen LogP contribution in [0.5, 0.6) is 0 Å². The van der Waals surface area contributed by atoms with E-state index in [1.807, 2.05) is 11.8 Å².